The van der Waals surface area contributed by atoms with Gasteiger partial charge in [-0.3, -0.25) is 0 Å². The van der Waals surface area contributed by atoms with E-state index in [1.807, 2.05) is 23.6 Å². The Bertz CT molecular complexity index is 1440. The maximum Gasteiger partial charge on any atom is 0.243 e. The average Bonchev–Trinajstić information content (AvgIpc) is 3.23. The van der Waals surface area contributed by atoms with E-state index < -0.39 is 21.7 Å². The number of rotatable bonds is 5. The van der Waals surface area contributed by atoms with Crippen molar-refractivity contribution in [3.63, 3.8) is 0 Å². The molecule has 1 fully saturated rings. The fraction of sp³-hybridized carbons (Fsp3) is 0.280. The molecule has 0 aliphatic carbocycles. The van der Waals surface area contributed by atoms with Crippen molar-refractivity contribution in [2.24, 2.45) is 0 Å². The highest BCUT2D eigenvalue weighted by Crippen LogP contribution is 2.35. The number of piperidine rings is 1. The van der Waals surface area contributed by atoms with Crippen molar-refractivity contribution < 1.29 is 17.2 Å². The third kappa shape index (κ3) is 3.99. The van der Waals surface area contributed by atoms with Gasteiger partial charge in [-0.05, 0) is 61.2 Å². The second-order valence-electron chi connectivity index (χ2n) is 8.41. The van der Waals surface area contributed by atoms with Gasteiger partial charge in [-0.2, -0.15) is 4.31 Å². The van der Waals surface area contributed by atoms with Gasteiger partial charge in [0.15, 0.2) is 5.65 Å². The van der Waals surface area contributed by atoms with Crippen LogP contribution in [0.5, 0.6) is 0 Å². The summed E-state index contributed by atoms with van der Waals surface area (Å²) in [5.41, 5.74) is 2.47. The number of sulfonamides is 1. The van der Waals surface area contributed by atoms with Crippen molar-refractivity contribution in [3.05, 3.63) is 78.0 Å². The van der Waals surface area contributed by atoms with Gasteiger partial charge in [0.2, 0.25) is 10.0 Å². The van der Waals surface area contributed by atoms with Crippen molar-refractivity contribution >= 4 is 21.2 Å². The number of aryl methyl sites for hydroxylation is 1. The third-order valence-corrected chi connectivity index (χ3v) is 8.29. The monoisotopic (exact) mass is 482 g/mol. The van der Waals surface area contributed by atoms with Crippen molar-refractivity contribution in [3.8, 4) is 11.4 Å². The zero-order valence-electron chi connectivity index (χ0n) is 18.7. The zero-order chi connectivity index (χ0) is 23.9. The van der Waals surface area contributed by atoms with Crippen LogP contribution in [-0.4, -0.2) is 40.3 Å². The van der Waals surface area contributed by atoms with E-state index in [2.05, 4.69) is 9.97 Å². The highest BCUT2D eigenvalue weighted by molar-refractivity contribution is 7.89. The van der Waals surface area contributed by atoms with Crippen molar-refractivity contribution in [1.29, 1.82) is 0 Å². The van der Waals surface area contributed by atoms with Gasteiger partial charge < -0.3 is 4.57 Å². The maximum absolute atomic E-state index is 14.7. The molecule has 0 saturated carbocycles. The fourth-order valence-corrected chi connectivity index (χ4v) is 5.99. The molecule has 0 bridgehead atoms. The van der Waals surface area contributed by atoms with E-state index in [1.54, 1.807) is 30.5 Å². The van der Waals surface area contributed by atoms with E-state index in [0.29, 0.717) is 42.9 Å². The van der Waals surface area contributed by atoms with Gasteiger partial charge in [0, 0.05) is 31.4 Å². The molecule has 0 atom stereocenters. The van der Waals surface area contributed by atoms with E-state index in [-0.39, 0.29) is 16.5 Å². The Kier molecular flexibility index (Phi) is 5.91. The van der Waals surface area contributed by atoms with Crippen LogP contribution < -0.4 is 0 Å². The van der Waals surface area contributed by atoms with Crippen molar-refractivity contribution in [1.82, 2.24) is 18.8 Å². The predicted octanol–water partition coefficient (Wildman–Crippen LogP) is 4.96. The van der Waals surface area contributed by atoms with Crippen LogP contribution in [0.2, 0.25) is 0 Å². The molecule has 176 valence electrons. The number of pyridine rings is 1. The summed E-state index contributed by atoms with van der Waals surface area (Å²) in [6.07, 6.45) is 3.52. The highest BCUT2D eigenvalue weighted by Gasteiger charge is 2.32. The lowest BCUT2D eigenvalue weighted by atomic mass is 10.1. The Hall–Kier alpha value is -3.17. The quantitative estimate of drug-likeness (QED) is 0.403. The molecule has 1 aliphatic rings. The first-order valence-corrected chi connectivity index (χ1v) is 12.7. The van der Waals surface area contributed by atoms with E-state index in [1.165, 1.54) is 16.4 Å². The predicted molar refractivity (Wildman–Crippen MR) is 126 cm³/mol. The minimum atomic E-state index is -3.60. The molecule has 0 N–H and O–H groups in total. The first kappa shape index (κ1) is 22.6. The number of nitrogens with zero attached hydrogens (tertiary/aromatic N) is 4. The fourth-order valence-electron chi connectivity index (χ4n) is 4.52. The summed E-state index contributed by atoms with van der Waals surface area (Å²) in [7, 11) is -3.60. The van der Waals surface area contributed by atoms with Crippen LogP contribution in [0, 0.1) is 11.6 Å². The molecule has 2 aromatic carbocycles. The number of aromatic nitrogens is 3. The normalized spacial score (nSPS) is 15.7. The molecule has 9 heteroatoms. The third-order valence-electron chi connectivity index (χ3n) is 6.38. The minimum Gasteiger partial charge on any atom is -0.305 e. The van der Waals surface area contributed by atoms with Gasteiger partial charge in [0.05, 0.1) is 10.5 Å². The van der Waals surface area contributed by atoms with Gasteiger partial charge in [0.25, 0.3) is 0 Å². The first-order chi connectivity index (χ1) is 16.4. The van der Waals surface area contributed by atoms with Gasteiger partial charge >= 0.3 is 0 Å². The van der Waals surface area contributed by atoms with Crippen LogP contribution in [0.4, 0.5) is 8.78 Å². The zero-order valence-corrected chi connectivity index (χ0v) is 19.5. The van der Waals surface area contributed by atoms with Crippen LogP contribution in [0.3, 0.4) is 0 Å². The van der Waals surface area contributed by atoms with E-state index in [9.17, 15) is 17.2 Å². The summed E-state index contributed by atoms with van der Waals surface area (Å²) in [5, 5.41) is 0. The summed E-state index contributed by atoms with van der Waals surface area (Å²) >= 11 is 0. The van der Waals surface area contributed by atoms with Crippen LogP contribution in [0.25, 0.3) is 22.6 Å². The topological polar surface area (TPSA) is 68.1 Å². The Balaban J connectivity index is 1.46. The van der Waals surface area contributed by atoms with Gasteiger partial charge in [-0.25, -0.2) is 27.2 Å². The first-order valence-electron chi connectivity index (χ1n) is 11.3. The van der Waals surface area contributed by atoms with Crippen molar-refractivity contribution in [2.45, 2.75) is 37.1 Å². The molecule has 2 aromatic heterocycles. The molecule has 0 radical (unpaired) electrons. The summed E-state index contributed by atoms with van der Waals surface area (Å²) in [5.74, 6) is -0.998. The summed E-state index contributed by atoms with van der Waals surface area (Å²) < 4.78 is 57.9. The Morgan fingerprint density at radius 1 is 1.03 bits per heavy atom. The second-order valence-corrected chi connectivity index (χ2v) is 10.3. The molecule has 0 amide bonds. The van der Waals surface area contributed by atoms with E-state index >= 15 is 0 Å². The lowest BCUT2D eigenvalue weighted by molar-refractivity contribution is 0.278. The summed E-state index contributed by atoms with van der Waals surface area (Å²) in [6.45, 7) is 2.66. The van der Waals surface area contributed by atoms with Crippen LogP contribution in [0.15, 0.2) is 65.7 Å². The Morgan fingerprint density at radius 2 is 1.76 bits per heavy atom. The molecule has 5 rings (SSSR count). The maximum atomic E-state index is 14.7. The molecule has 1 saturated heterocycles. The van der Waals surface area contributed by atoms with Gasteiger partial charge in [-0.1, -0.05) is 19.1 Å². The molecule has 0 spiro atoms. The van der Waals surface area contributed by atoms with E-state index in [0.717, 1.165) is 18.1 Å². The van der Waals surface area contributed by atoms with Crippen molar-refractivity contribution in [2.75, 3.05) is 13.1 Å². The number of hydrogen-bond donors (Lipinski definition) is 0. The largest absolute Gasteiger partial charge is 0.305 e. The molecular formula is C25H24F2N4O2S. The number of benzene rings is 2. The Labute approximate surface area is 196 Å². The molecule has 4 aromatic rings. The van der Waals surface area contributed by atoms with Crippen LogP contribution in [0.1, 0.15) is 31.4 Å². The highest BCUT2D eigenvalue weighted by atomic mass is 32.2. The molecule has 3 heterocycles. The number of hydrogen-bond acceptors (Lipinski definition) is 4. The van der Waals surface area contributed by atoms with Gasteiger partial charge in [0.1, 0.15) is 23.0 Å². The molecule has 0 unspecified atom stereocenters. The number of halogens is 2. The molecule has 6 nitrogen and oxygen atoms in total. The Morgan fingerprint density at radius 3 is 2.44 bits per heavy atom. The lowest BCUT2D eigenvalue weighted by Crippen LogP contribution is -2.39. The smallest absolute Gasteiger partial charge is 0.243 e. The van der Waals surface area contributed by atoms with Gasteiger partial charge in [-0.15, -0.1) is 0 Å². The number of fused-ring (bicyclic) bond motifs is 1. The summed E-state index contributed by atoms with van der Waals surface area (Å²) in [4.78, 5) is 9.32. The second kappa shape index (κ2) is 8.88. The SMILES string of the molecule is CCc1ccc(S(=O)(=O)N2CCC(n3c(-c4ccc(F)cc4F)nc4cccnc43)CC2)cc1. The average molecular weight is 483 g/mol. The minimum absolute atomic E-state index is 0.131. The molecular weight excluding hydrogens is 458 g/mol. The lowest BCUT2D eigenvalue weighted by Gasteiger charge is -2.32. The number of imidazole rings is 1. The van der Waals surface area contributed by atoms with E-state index in [4.69, 9.17) is 0 Å². The summed E-state index contributed by atoms with van der Waals surface area (Å²) in [6, 6.07) is 13.8. The molecule has 34 heavy (non-hydrogen) atoms. The standard InChI is InChI=1S/C25H24F2N4O2S/c1-2-17-5-8-20(9-6-17)34(32,33)30-14-11-19(12-15-30)31-24(21-10-7-18(26)16-22(21)27)29-23-4-3-13-28-25(23)31/h3-10,13,16,19H,2,11-12,14-15H2,1H3. The molecule has 1 aliphatic heterocycles. The van der Waals surface area contributed by atoms with Crippen LogP contribution >= 0.6 is 0 Å². The van der Waals surface area contributed by atoms with Crippen LogP contribution in [-0.2, 0) is 16.4 Å².